The molecule has 0 atom stereocenters. The fraction of sp³-hybridized carbons (Fsp3) is 0.200. The number of H-pyrrole nitrogens is 1. The van der Waals surface area contributed by atoms with E-state index in [1.807, 2.05) is 37.3 Å². The van der Waals surface area contributed by atoms with Crippen molar-refractivity contribution in [2.75, 3.05) is 20.3 Å². The van der Waals surface area contributed by atoms with Crippen molar-refractivity contribution in [3.63, 3.8) is 0 Å². The minimum Gasteiger partial charge on any atom is -0.490 e. The molecule has 3 aromatic rings. The molecule has 150 valence electrons. The Hall–Kier alpha value is -3.46. The third-order valence-corrected chi connectivity index (χ3v) is 4.11. The molecule has 3 rings (SSSR count). The van der Waals surface area contributed by atoms with E-state index in [1.165, 1.54) is 7.11 Å². The van der Waals surface area contributed by atoms with E-state index in [4.69, 9.17) is 21.7 Å². The van der Waals surface area contributed by atoms with E-state index in [0.717, 1.165) is 11.1 Å². The summed E-state index contributed by atoms with van der Waals surface area (Å²) in [5.74, 6) is 1.08. The van der Waals surface area contributed by atoms with Gasteiger partial charge in [0.25, 0.3) is 0 Å². The van der Waals surface area contributed by atoms with Gasteiger partial charge in [0, 0.05) is 5.56 Å². The first-order valence-corrected chi connectivity index (χ1v) is 9.27. The second-order valence-corrected chi connectivity index (χ2v) is 6.17. The summed E-state index contributed by atoms with van der Waals surface area (Å²) in [5, 5.41) is 11.5. The number of esters is 1. The second kappa shape index (κ2) is 9.65. The minimum atomic E-state index is -0.471. The van der Waals surface area contributed by atoms with Gasteiger partial charge >= 0.3 is 5.97 Å². The minimum absolute atomic E-state index is 0.200. The normalized spacial score (nSPS) is 10.8. The molecule has 1 N–H and O–H groups in total. The number of benzene rings is 2. The molecule has 0 saturated carbocycles. The maximum absolute atomic E-state index is 11.3. The molecule has 8 nitrogen and oxygen atoms in total. The van der Waals surface area contributed by atoms with Gasteiger partial charge in [-0.1, -0.05) is 30.3 Å². The molecule has 1 aromatic heterocycles. The topological polar surface area (TPSA) is 90.7 Å². The SMILES string of the molecule is CCOc1cc(/C=N\n2c(-c3ccccc3)n[nH]c2=S)ccc1OCC(=O)OC. The molecule has 0 spiro atoms. The largest absolute Gasteiger partial charge is 0.490 e. The third kappa shape index (κ3) is 5.08. The van der Waals surface area contributed by atoms with Crippen LogP contribution < -0.4 is 9.47 Å². The first kappa shape index (κ1) is 20.3. The van der Waals surface area contributed by atoms with Gasteiger partial charge in [-0.05, 0) is 42.9 Å². The maximum Gasteiger partial charge on any atom is 0.343 e. The summed E-state index contributed by atoms with van der Waals surface area (Å²) >= 11 is 5.29. The molecule has 0 aliphatic carbocycles. The number of carbonyl (C=O) groups excluding carboxylic acids is 1. The van der Waals surface area contributed by atoms with Crippen LogP contribution in [0.5, 0.6) is 11.5 Å². The molecule has 2 aromatic carbocycles. The van der Waals surface area contributed by atoms with E-state index < -0.39 is 5.97 Å². The lowest BCUT2D eigenvalue weighted by molar-refractivity contribution is -0.142. The molecule has 0 bridgehead atoms. The van der Waals surface area contributed by atoms with Gasteiger partial charge in [0.1, 0.15) is 0 Å². The Balaban J connectivity index is 1.86. The number of nitrogens with zero attached hydrogens (tertiary/aromatic N) is 3. The van der Waals surface area contributed by atoms with E-state index in [2.05, 4.69) is 20.0 Å². The van der Waals surface area contributed by atoms with Crippen molar-refractivity contribution >= 4 is 24.4 Å². The maximum atomic E-state index is 11.3. The van der Waals surface area contributed by atoms with Crippen molar-refractivity contribution in [2.24, 2.45) is 5.10 Å². The lowest BCUT2D eigenvalue weighted by Crippen LogP contribution is -2.13. The number of hydrogen-bond donors (Lipinski definition) is 1. The number of methoxy groups -OCH3 is 1. The number of aromatic nitrogens is 3. The summed E-state index contributed by atoms with van der Waals surface area (Å²) in [6.07, 6.45) is 1.64. The molecule has 0 aliphatic heterocycles. The Morgan fingerprint density at radius 3 is 2.72 bits per heavy atom. The van der Waals surface area contributed by atoms with Crippen molar-refractivity contribution < 1.29 is 19.0 Å². The number of ether oxygens (including phenoxy) is 3. The highest BCUT2D eigenvalue weighted by atomic mass is 32.1. The number of aromatic amines is 1. The van der Waals surface area contributed by atoms with Crippen LogP contribution in [0.3, 0.4) is 0 Å². The monoisotopic (exact) mass is 412 g/mol. The van der Waals surface area contributed by atoms with E-state index >= 15 is 0 Å². The van der Waals surface area contributed by atoms with Crippen molar-refractivity contribution in [3.8, 4) is 22.9 Å². The summed E-state index contributed by atoms with van der Waals surface area (Å²) in [5.41, 5.74) is 1.65. The predicted octanol–water partition coefficient (Wildman–Crippen LogP) is 3.44. The highest BCUT2D eigenvalue weighted by molar-refractivity contribution is 7.71. The van der Waals surface area contributed by atoms with Crippen LogP contribution in [0.1, 0.15) is 12.5 Å². The molecule has 0 aliphatic rings. The van der Waals surface area contributed by atoms with Crippen LogP contribution in [0.4, 0.5) is 0 Å². The van der Waals surface area contributed by atoms with Crippen molar-refractivity contribution in [3.05, 3.63) is 58.9 Å². The Morgan fingerprint density at radius 1 is 1.21 bits per heavy atom. The Kier molecular flexibility index (Phi) is 6.75. The first-order valence-electron chi connectivity index (χ1n) is 8.86. The van der Waals surface area contributed by atoms with Crippen LogP contribution in [-0.4, -0.2) is 47.4 Å². The Morgan fingerprint density at radius 2 is 2.00 bits per heavy atom. The van der Waals surface area contributed by atoms with Gasteiger partial charge in [-0.25, -0.2) is 9.89 Å². The highest BCUT2D eigenvalue weighted by Crippen LogP contribution is 2.28. The van der Waals surface area contributed by atoms with Gasteiger partial charge < -0.3 is 14.2 Å². The Labute approximate surface area is 172 Å². The van der Waals surface area contributed by atoms with Gasteiger partial charge in [-0.15, -0.1) is 0 Å². The highest BCUT2D eigenvalue weighted by Gasteiger charge is 2.10. The summed E-state index contributed by atoms with van der Waals surface area (Å²) in [6, 6.07) is 14.9. The van der Waals surface area contributed by atoms with Crippen LogP contribution in [-0.2, 0) is 9.53 Å². The molecule has 0 radical (unpaired) electrons. The average molecular weight is 412 g/mol. The second-order valence-electron chi connectivity index (χ2n) is 5.78. The molecule has 29 heavy (non-hydrogen) atoms. The summed E-state index contributed by atoms with van der Waals surface area (Å²) in [7, 11) is 1.30. The zero-order valence-corrected chi connectivity index (χ0v) is 16.8. The van der Waals surface area contributed by atoms with Gasteiger partial charge in [0.15, 0.2) is 23.9 Å². The molecule has 9 heteroatoms. The fourth-order valence-corrected chi connectivity index (χ4v) is 2.66. The zero-order valence-electron chi connectivity index (χ0n) is 16.0. The molecule has 0 unspecified atom stereocenters. The van der Waals surface area contributed by atoms with Gasteiger partial charge in [0.05, 0.1) is 19.9 Å². The summed E-state index contributed by atoms with van der Waals surface area (Å²) < 4.78 is 17.6. The molecule has 0 amide bonds. The van der Waals surface area contributed by atoms with Crippen LogP contribution >= 0.6 is 12.2 Å². The van der Waals surface area contributed by atoms with E-state index in [1.54, 1.807) is 29.1 Å². The summed E-state index contributed by atoms with van der Waals surface area (Å²) in [4.78, 5) is 11.3. The van der Waals surface area contributed by atoms with E-state index in [-0.39, 0.29) is 6.61 Å². The molecular weight excluding hydrogens is 392 g/mol. The first-order chi connectivity index (χ1) is 14.1. The van der Waals surface area contributed by atoms with Crippen LogP contribution in [0.2, 0.25) is 0 Å². The summed E-state index contributed by atoms with van der Waals surface area (Å²) in [6.45, 7) is 2.11. The predicted molar refractivity (Wildman–Crippen MR) is 111 cm³/mol. The smallest absolute Gasteiger partial charge is 0.343 e. The number of rotatable bonds is 8. The van der Waals surface area contributed by atoms with Crippen LogP contribution in [0, 0.1) is 4.77 Å². The van der Waals surface area contributed by atoms with Crippen molar-refractivity contribution in [1.29, 1.82) is 0 Å². The van der Waals surface area contributed by atoms with Gasteiger partial charge in [0.2, 0.25) is 4.77 Å². The molecule has 0 saturated heterocycles. The fourth-order valence-electron chi connectivity index (χ4n) is 2.49. The van der Waals surface area contributed by atoms with Crippen LogP contribution in [0.25, 0.3) is 11.4 Å². The van der Waals surface area contributed by atoms with Gasteiger partial charge in [-0.3, -0.25) is 0 Å². The zero-order chi connectivity index (χ0) is 20.6. The van der Waals surface area contributed by atoms with Gasteiger partial charge in [-0.2, -0.15) is 14.9 Å². The average Bonchev–Trinajstić information content (AvgIpc) is 3.12. The van der Waals surface area contributed by atoms with Crippen molar-refractivity contribution in [2.45, 2.75) is 6.92 Å². The number of carbonyl (C=O) groups is 1. The van der Waals surface area contributed by atoms with E-state index in [9.17, 15) is 4.79 Å². The third-order valence-electron chi connectivity index (χ3n) is 3.85. The molecule has 0 fully saturated rings. The molecular formula is C20H20N4O4S. The quantitative estimate of drug-likeness (QED) is 0.346. The van der Waals surface area contributed by atoms with E-state index in [0.29, 0.717) is 28.7 Å². The standard InChI is InChI=1S/C20H20N4O4S/c1-3-27-17-11-14(9-10-16(17)28-13-18(25)26-2)12-21-24-19(22-23-20(24)29)15-7-5-4-6-8-15/h4-12H,3,13H2,1-2H3,(H,23,29)/b21-12-. The number of hydrogen-bond acceptors (Lipinski definition) is 7. The number of nitrogens with one attached hydrogen (secondary N) is 1. The lowest BCUT2D eigenvalue weighted by Gasteiger charge is -2.11. The van der Waals surface area contributed by atoms with Crippen molar-refractivity contribution in [1.82, 2.24) is 14.9 Å². The van der Waals surface area contributed by atoms with Crippen LogP contribution in [0.15, 0.2) is 53.6 Å². The lowest BCUT2D eigenvalue weighted by atomic mass is 10.2. The Bertz CT molecular complexity index is 1060. The molecule has 1 heterocycles.